The van der Waals surface area contributed by atoms with Gasteiger partial charge < -0.3 is 18.5 Å². The van der Waals surface area contributed by atoms with Gasteiger partial charge in [0.25, 0.3) is 0 Å². The maximum Gasteiger partial charge on any atom is 0.191 e. The Morgan fingerprint density at radius 1 is 1.18 bits per heavy atom. The van der Waals surface area contributed by atoms with Crippen LogP contribution < -0.4 is 9.47 Å². The Morgan fingerprint density at radius 2 is 2.07 bits per heavy atom. The van der Waals surface area contributed by atoms with Crippen LogP contribution in [0.3, 0.4) is 0 Å². The van der Waals surface area contributed by atoms with E-state index in [4.69, 9.17) is 18.9 Å². The van der Waals surface area contributed by atoms with Crippen LogP contribution in [-0.2, 0) is 12.3 Å². The van der Waals surface area contributed by atoms with Gasteiger partial charge in [-0.3, -0.25) is 0 Å². The second kappa shape index (κ2) is 8.49. The number of ether oxygens (including phenoxy) is 2. The Kier molecular flexibility index (Phi) is 5.63. The summed E-state index contributed by atoms with van der Waals surface area (Å²) in [6.07, 6.45) is 3.37. The number of thiazole rings is 1. The van der Waals surface area contributed by atoms with Crippen molar-refractivity contribution in [3.8, 4) is 22.1 Å². The molecule has 4 aromatic rings. The number of furan rings is 1. The molecule has 9 heteroatoms. The Hall–Kier alpha value is -2.78. The molecule has 0 aliphatic rings. The summed E-state index contributed by atoms with van der Waals surface area (Å²) in [5.41, 5.74) is 1.99. The van der Waals surface area contributed by atoms with E-state index in [0.717, 1.165) is 27.2 Å². The molecule has 0 fully saturated rings. The Balaban J connectivity index is 1.44. The van der Waals surface area contributed by atoms with Crippen molar-refractivity contribution in [1.29, 1.82) is 0 Å². The van der Waals surface area contributed by atoms with E-state index in [2.05, 4.69) is 15.6 Å². The maximum absolute atomic E-state index is 5.40. The van der Waals surface area contributed by atoms with Gasteiger partial charge >= 0.3 is 0 Å². The molecule has 0 saturated carbocycles. The normalized spacial score (nSPS) is 10.9. The van der Waals surface area contributed by atoms with E-state index in [0.29, 0.717) is 23.8 Å². The molecular formula is C19H18N4O3S2. The van der Waals surface area contributed by atoms with E-state index in [1.165, 1.54) is 0 Å². The molecule has 0 aliphatic carbocycles. The minimum atomic E-state index is 0.607. The van der Waals surface area contributed by atoms with Gasteiger partial charge in [0, 0.05) is 16.7 Å². The highest BCUT2D eigenvalue weighted by molar-refractivity contribution is 7.98. The van der Waals surface area contributed by atoms with Crippen LogP contribution in [0.4, 0.5) is 0 Å². The summed E-state index contributed by atoms with van der Waals surface area (Å²) < 4.78 is 18.0. The third-order valence-corrected chi connectivity index (χ3v) is 5.97. The number of hydrogen-bond acceptors (Lipinski definition) is 8. The van der Waals surface area contributed by atoms with Crippen LogP contribution in [0, 0.1) is 0 Å². The number of benzene rings is 1. The second-order valence-electron chi connectivity index (χ2n) is 5.82. The molecule has 1 aromatic carbocycles. The van der Waals surface area contributed by atoms with E-state index in [1.807, 2.05) is 34.9 Å². The molecular weight excluding hydrogens is 396 g/mol. The van der Waals surface area contributed by atoms with Crippen LogP contribution in [0.25, 0.3) is 10.6 Å². The van der Waals surface area contributed by atoms with Crippen LogP contribution in [-0.4, -0.2) is 34.0 Å². The van der Waals surface area contributed by atoms with Crippen molar-refractivity contribution < 1.29 is 13.9 Å². The number of methoxy groups -OCH3 is 2. The number of hydrogen-bond donors (Lipinski definition) is 0. The van der Waals surface area contributed by atoms with E-state index < -0.39 is 0 Å². The highest BCUT2D eigenvalue weighted by Crippen LogP contribution is 2.34. The SMILES string of the molecule is COc1ccc(-c2nc(CSc3nncn3Cc3ccco3)cs2)cc1OC. The lowest BCUT2D eigenvalue weighted by atomic mass is 10.2. The Bertz CT molecular complexity index is 1040. The third-order valence-electron chi connectivity index (χ3n) is 4.02. The quantitative estimate of drug-likeness (QED) is 0.397. The number of nitrogens with zero attached hydrogens (tertiary/aromatic N) is 4. The average molecular weight is 415 g/mol. The fourth-order valence-corrected chi connectivity index (χ4v) is 4.38. The Morgan fingerprint density at radius 3 is 2.86 bits per heavy atom. The second-order valence-corrected chi connectivity index (χ2v) is 7.62. The van der Waals surface area contributed by atoms with Gasteiger partial charge in [0.1, 0.15) is 17.1 Å². The van der Waals surface area contributed by atoms with E-state index in [1.54, 1.807) is 49.9 Å². The van der Waals surface area contributed by atoms with Crippen molar-refractivity contribution in [2.45, 2.75) is 17.5 Å². The minimum Gasteiger partial charge on any atom is -0.493 e. The predicted molar refractivity (Wildman–Crippen MR) is 108 cm³/mol. The highest BCUT2D eigenvalue weighted by atomic mass is 32.2. The molecule has 0 saturated heterocycles. The van der Waals surface area contributed by atoms with Gasteiger partial charge in [0.2, 0.25) is 0 Å². The smallest absolute Gasteiger partial charge is 0.191 e. The molecule has 4 rings (SSSR count). The number of aromatic nitrogens is 4. The summed E-state index contributed by atoms with van der Waals surface area (Å²) in [6.45, 7) is 0.607. The van der Waals surface area contributed by atoms with Crippen molar-refractivity contribution in [1.82, 2.24) is 19.7 Å². The molecule has 0 spiro atoms. The highest BCUT2D eigenvalue weighted by Gasteiger charge is 2.12. The van der Waals surface area contributed by atoms with Crippen molar-refractivity contribution >= 4 is 23.1 Å². The lowest BCUT2D eigenvalue weighted by molar-refractivity contribution is 0.355. The Labute approximate surface area is 170 Å². The molecule has 0 bridgehead atoms. The van der Waals surface area contributed by atoms with Crippen LogP contribution in [0.1, 0.15) is 11.5 Å². The molecule has 7 nitrogen and oxygen atoms in total. The summed E-state index contributed by atoms with van der Waals surface area (Å²) in [7, 11) is 3.26. The molecule has 0 radical (unpaired) electrons. The molecule has 0 N–H and O–H groups in total. The predicted octanol–water partition coefficient (Wildman–Crippen LogP) is 4.35. The summed E-state index contributed by atoms with van der Waals surface area (Å²) in [5.74, 6) is 2.97. The first-order chi connectivity index (χ1) is 13.8. The maximum atomic E-state index is 5.40. The summed E-state index contributed by atoms with van der Waals surface area (Å²) >= 11 is 3.20. The zero-order valence-electron chi connectivity index (χ0n) is 15.4. The monoisotopic (exact) mass is 414 g/mol. The molecule has 0 atom stereocenters. The lowest BCUT2D eigenvalue weighted by Crippen LogP contribution is -1.99. The molecule has 3 heterocycles. The summed E-state index contributed by atoms with van der Waals surface area (Å²) in [6, 6.07) is 9.62. The zero-order valence-corrected chi connectivity index (χ0v) is 17.0. The van der Waals surface area contributed by atoms with E-state index in [9.17, 15) is 0 Å². The van der Waals surface area contributed by atoms with Gasteiger partial charge in [-0.2, -0.15) is 0 Å². The molecule has 28 heavy (non-hydrogen) atoms. The summed E-state index contributed by atoms with van der Waals surface area (Å²) in [4.78, 5) is 4.74. The first-order valence-corrected chi connectivity index (χ1v) is 10.3. The van der Waals surface area contributed by atoms with Gasteiger partial charge in [0.15, 0.2) is 16.7 Å². The van der Waals surface area contributed by atoms with Crippen LogP contribution in [0.15, 0.2) is 57.9 Å². The summed E-state index contributed by atoms with van der Waals surface area (Å²) in [5, 5.41) is 12.0. The van der Waals surface area contributed by atoms with Crippen LogP contribution in [0.2, 0.25) is 0 Å². The molecule has 144 valence electrons. The zero-order chi connectivity index (χ0) is 19.3. The van der Waals surface area contributed by atoms with Gasteiger partial charge in [-0.15, -0.1) is 21.5 Å². The third kappa shape index (κ3) is 4.05. The molecule has 0 amide bonds. The fourth-order valence-electron chi connectivity index (χ4n) is 2.65. The van der Waals surface area contributed by atoms with E-state index in [-0.39, 0.29) is 0 Å². The van der Waals surface area contributed by atoms with Gasteiger partial charge in [0.05, 0.1) is 32.7 Å². The number of thioether (sulfide) groups is 1. The van der Waals surface area contributed by atoms with Gasteiger partial charge in [-0.1, -0.05) is 11.8 Å². The lowest BCUT2D eigenvalue weighted by Gasteiger charge is -2.08. The van der Waals surface area contributed by atoms with Crippen LogP contribution >= 0.6 is 23.1 Å². The largest absolute Gasteiger partial charge is 0.493 e. The van der Waals surface area contributed by atoms with Crippen LogP contribution in [0.5, 0.6) is 11.5 Å². The topological polar surface area (TPSA) is 75.2 Å². The van der Waals surface area contributed by atoms with Gasteiger partial charge in [-0.25, -0.2) is 4.98 Å². The van der Waals surface area contributed by atoms with Crippen molar-refractivity contribution in [3.63, 3.8) is 0 Å². The fraction of sp³-hybridized carbons (Fsp3) is 0.211. The number of rotatable bonds is 8. The average Bonchev–Trinajstić information content (AvgIpc) is 3.48. The molecule has 3 aromatic heterocycles. The van der Waals surface area contributed by atoms with Crippen molar-refractivity contribution in [3.05, 3.63) is 59.8 Å². The van der Waals surface area contributed by atoms with Gasteiger partial charge in [-0.05, 0) is 30.3 Å². The van der Waals surface area contributed by atoms with E-state index >= 15 is 0 Å². The molecule has 0 unspecified atom stereocenters. The minimum absolute atomic E-state index is 0.607. The van der Waals surface area contributed by atoms with Crippen molar-refractivity contribution in [2.24, 2.45) is 0 Å². The van der Waals surface area contributed by atoms with Crippen molar-refractivity contribution in [2.75, 3.05) is 14.2 Å². The standard InChI is InChI=1S/C19H18N4O3S2/c1-24-16-6-5-13(8-17(16)25-2)18-21-14(10-27-18)11-28-19-22-20-12-23(19)9-15-4-3-7-26-15/h3-8,10,12H,9,11H2,1-2H3. The molecule has 0 aliphatic heterocycles. The first-order valence-electron chi connectivity index (χ1n) is 8.46. The first kappa shape index (κ1) is 18.6.